The summed E-state index contributed by atoms with van der Waals surface area (Å²) in [5, 5.41) is 8.74. The van der Waals surface area contributed by atoms with E-state index in [0.29, 0.717) is 21.5 Å². The molecule has 2 aromatic rings. The van der Waals surface area contributed by atoms with Gasteiger partial charge in [0.2, 0.25) is 0 Å². The molecule has 2 rings (SSSR count). The van der Waals surface area contributed by atoms with Gasteiger partial charge in [0, 0.05) is 6.07 Å². The van der Waals surface area contributed by atoms with Crippen molar-refractivity contribution < 1.29 is 9.13 Å². The van der Waals surface area contributed by atoms with Gasteiger partial charge < -0.3 is 4.74 Å². The number of ether oxygens (including phenoxy) is 1. The molecule has 0 unspecified atom stereocenters. The van der Waals surface area contributed by atoms with E-state index in [4.69, 9.17) is 21.6 Å². The van der Waals surface area contributed by atoms with Crippen LogP contribution in [0.15, 0.2) is 40.9 Å². The second-order valence-electron chi connectivity index (χ2n) is 3.43. The molecule has 2 nitrogen and oxygen atoms in total. The Hall–Kier alpha value is -1.57. The second kappa shape index (κ2) is 5.38. The molecule has 90 valence electrons. The summed E-state index contributed by atoms with van der Waals surface area (Å²) < 4.78 is 19.2. The average molecular weight is 327 g/mol. The lowest BCUT2D eigenvalue weighted by atomic mass is 10.2. The van der Waals surface area contributed by atoms with Crippen molar-refractivity contribution in [3.8, 4) is 17.6 Å². The average Bonchev–Trinajstić information content (AvgIpc) is 2.36. The van der Waals surface area contributed by atoms with Gasteiger partial charge in [-0.3, -0.25) is 0 Å². The highest BCUT2D eigenvalue weighted by atomic mass is 79.9. The molecule has 0 N–H and O–H groups in total. The van der Waals surface area contributed by atoms with Crippen molar-refractivity contribution in [1.82, 2.24) is 0 Å². The minimum atomic E-state index is -0.497. The summed E-state index contributed by atoms with van der Waals surface area (Å²) >= 11 is 8.95. The van der Waals surface area contributed by atoms with Crippen LogP contribution in [0.2, 0.25) is 5.02 Å². The molecule has 18 heavy (non-hydrogen) atoms. The molecular weight excluding hydrogens is 321 g/mol. The summed E-state index contributed by atoms with van der Waals surface area (Å²) in [6.07, 6.45) is 0. The van der Waals surface area contributed by atoms with Crippen molar-refractivity contribution in [3.05, 3.63) is 57.3 Å². The van der Waals surface area contributed by atoms with Gasteiger partial charge in [0.1, 0.15) is 17.3 Å². The van der Waals surface area contributed by atoms with Gasteiger partial charge in [0.25, 0.3) is 0 Å². The first-order valence-corrected chi connectivity index (χ1v) is 6.10. The van der Waals surface area contributed by atoms with Crippen LogP contribution in [0.25, 0.3) is 0 Å². The van der Waals surface area contributed by atoms with E-state index in [1.54, 1.807) is 18.2 Å². The van der Waals surface area contributed by atoms with Gasteiger partial charge in [-0.25, -0.2) is 4.39 Å². The Labute approximate surface area is 117 Å². The molecule has 0 saturated heterocycles. The smallest absolute Gasteiger partial charge is 0.142 e. The largest absolute Gasteiger partial charge is 0.456 e. The second-order valence-corrected chi connectivity index (χ2v) is 4.70. The maximum Gasteiger partial charge on any atom is 0.142 e. The van der Waals surface area contributed by atoms with Crippen molar-refractivity contribution in [1.29, 1.82) is 5.26 Å². The van der Waals surface area contributed by atoms with E-state index in [1.165, 1.54) is 18.2 Å². The lowest BCUT2D eigenvalue weighted by Crippen LogP contribution is -1.87. The van der Waals surface area contributed by atoms with E-state index in [0.717, 1.165) is 0 Å². The fourth-order valence-electron chi connectivity index (χ4n) is 1.32. The van der Waals surface area contributed by atoms with Crippen LogP contribution in [0.5, 0.6) is 11.5 Å². The van der Waals surface area contributed by atoms with E-state index < -0.39 is 5.82 Å². The van der Waals surface area contributed by atoms with Crippen LogP contribution in [0.4, 0.5) is 4.39 Å². The fourth-order valence-corrected chi connectivity index (χ4v) is 1.95. The summed E-state index contributed by atoms with van der Waals surface area (Å²) in [6.45, 7) is 0. The van der Waals surface area contributed by atoms with E-state index in [1.807, 2.05) is 6.07 Å². The Morgan fingerprint density at radius 2 is 2.00 bits per heavy atom. The standard InChI is InChI=1S/C13H6BrClFNO/c14-10-5-8(7-17)1-4-13(10)18-9-2-3-12(16)11(15)6-9/h1-6H. The van der Waals surface area contributed by atoms with E-state index >= 15 is 0 Å². The Morgan fingerprint density at radius 3 is 2.61 bits per heavy atom. The third kappa shape index (κ3) is 2.81. The lowest BCUT2D eigenvalue weighted by Gasteiger charge is -2.08. The molecule has 0 bridgehead atoms. The van der Waals surface area contributed by atoms with Crippen LogP contribution < -0.4 is 4.74 Å². The van der Waals surface area contributed by atoms with Crippen molar-refractivity contribution in [3.63, 3.8) is 0 Å². The molecule has 0 fully saturated rings. The number of hydrogen-bond acceptors (Lipinski definition) is 2. The minimum Gasteiger partial charge on any atom is -0.456 e. The molecule has 0 amide bonds. The van der Waals surface area contributed by atoms with Crippen LogP contribution in [-0.4, -0.2) is 0 Å². The highest BCUT2D eigenvalue weighted by molar-refractivity contribution is 9.10. The van der Waals surface area contributed by atoms with Crippen molar-refractivity contribution >= 4 is 27.5 Å². The molecule has 5 heteroatoms. The number of benzene rings is 2. The number of rotatable bonds is 2. The number of hydrogen-bond donors (Lipinski definition) is 0. The first-order valence-electron chi connectivity index (χ1n) is 4.92. The molecular formula is C13H6BrClFNO. The quantitative estimate of drug-likeness (QED) is 0.786. The highest BCUT2D eigenvalue weighted by Crippen LogP contribution is 2.31. The molecule has 0 saturated carbocycles. The van der Waals surface area contributed by atoms with Gasteiger partial charge in [-0.15, -0.1) is 0 Å². The maximum absolute atomic E-state index is 13.0. The Kier molecular flexibility index (Phi) is 3.85. The number of halogens is 3. The van der Waals surface area contributed by atoms with Crippen LogP contribution in [0, 0.1) is 17.1 Å². The topological polar surface area (TPSA) is 33.0 Å². The zero-order chi connectivity index (χ0) is 13.1. The molecule has 0 heterocycles. The molecule has 0 atom stereocenters. The van der Waals surface area contributed by atoms with Gasteiger partial charge in [-0.05, 0) is 46.3 Å². The predicted octanol–water partition coefficient (Wildman–Crippen LogP) is 4.91. The summed E-state index contributed by atoms with van der Waals surface area (Å²) in [7, 11) is 0. The van der Waals surface area contributed by atoms with Gasteiger partial charge in [0.05, 0.1) is 21.1 Å². The molecule has 0 aliphatic heterocycles. The summed E-state index contributed by atoms with van der Waals surface area (Å²) in [5.74, 6) is 0.450. The Morgan fingerprint density at radius 1 is 1.22 bits per heavy atom. The maximum atomic E-state index is 13.0. The number of nitriles is 1. The third-order valence-electron chi connectivity index (χ3n) is 2.18. The molecule has 0 spiro atoms. The van der Waals surface area contributed by atoms with Crippen LogP contribution >= 0.6 is 27.5 Å². The first kappa shape index (κ1) is 12.9. The predicted molar refractivity (Wildman–Crippen MR) is 70.3 cm³/mol. The molecule has 0 aliphatic rings. The monoisotopic (exact) mass is 325 g/mol. The Balaban J connectivity index is 2.29. The lowest BCUT2D eigenvalue weighted by molar-refractivity contribution is 0.477. The van der Waals surface area contributed by atoms with Crippen molar-refractivity contribution in [2.45, 2.75) is 0 Å². The molecule has 0 aromatic heterocycles. The zero-order valence-corrected chi connectivity index (χ0v) is 11.3. The van der Waals surface area contributed by atoms with Gasteiger partial charge in [-0.1, -0.05) is 11.6 Å². The highest BCUT2D eigenvalue weighted by Gasteiger charge is 2.06. The fraction of sp³-hybridized carbons (Fsp3) is 0. The van der Waals surface area contributed by atoms with Crippen LogP contribution in [0.3, 0.4) is 0 Å². The van der Waals surface area contributed by atoms with Crippen LogP contribution in [0.1, 0.15) is 5.56 Å². The van der Waals surface area contributed by atoms with Crippen LogP contribution in [-0.2, 0) is 0 Å². The Bertz CT molecular complexity index is 639. The summed E-state index contributed by atoms with van der Waals surface area (Å²) in [6, 6.07) is 11.0. The molecule has 0 aliphatic carbocycles. The summed E-state index contributed by atoms with van der Waals surface area (Å²) in [4.78, 5) is 0. The summed E-state index contributed by atoms with van der Waals surface area (Å²) in [5.41, 5.74) is 0.520. The van der Waals surface area contributed by atoms with E-state index in [9.17, 15) is 4.39 Å². The number of nitrogens with zero attached hydrogens (tertiary/aromatic N) is 1. The van der Waals surface area contributed by atoms with Gasteiger partial charge in [0.15, 0.2) is 0 Å². The van der Waals surface area contributed by atoms with E-state index in [2.05, 4.69) is 15.9 Å². The first-order chi connectivity index (χ1) is 8.60. The zero-order valence-electron chi connectivity index (χ0n) is 8.95. The van der Waals surface area contributed by atoms with Gasteiger partial charge in [-0.2, -0.15) is 5.26 Å². The molecule has 0 radical (unpaired) electrons. The van der Waals surface area contributed by atoms with Crippen molar-refractivity contribution in [2.75, 3.05) is 0 Å². The molecule has 2 aromatic carbocycles. The van der Waals surface area contributed by atoms with Crippen molar-refractivity contribution in [2.24, 2.45) is 0 Å². The van der Waals surface area contributed by atoms with E-state index in [-0.39, 0.29) is 5.02 Å². The third-order valence-corrected chi connectivity index (χ3v) is 3.09. The normalized spacial score (nSPS) is 9.89. The minimum absolute atomic E-state index is 0.00253. The van der Waals surface area contributed by atoms with Gasteiger partial charge >= 0.3 is 0 Å². The SMILES string of the molecule is N#Cc1ccc(Oc2ccc(F)c(Cl)c2)c(Br)c1.